The van der Waals surface area contributed by atoms with E-state index in [-0.39, 0.29) is 0 Å². The lowest BCUT2D eigenvalue weighted by Crippen LogP contribution is -1.93. The standard InChI is InChI=1S/C18H19ClN2/c1-3-13-5-7-15(8-6-13)18-16(4-2)21-10-9-14(12-19)11-17(21)20-18/h5-11H,3-4,12H2,1-2H3. The van der Waals surface area contributed by atoms with Crippen LogP contribution in [-0.2, 0) is 18.7 Å². The van der Waals surface area contributed by atoms with E-state index < -0.39 is 0 Å². The highest BCUT2D eigenvalue weighted by Gasteiger charge is 2.12. The summed E-state index contributed by atoms with van der Waals surface area (Å²) >= 11 is 5.92. The van der Waals surface area contributed by atoms with Crippen LogP contribution in [0.4, 0.5) is 0 Å². The molecule has 0 amide bonds. The van der Waals surface area contributed by atoms with Gasteiger partial charge in [-0.15, -0.1) is 11.6 Å². The Hall–Kier alpha value is -1.80. The number of hydrogen-bond acceptors (Lipinski definition) is 1. The average molecular weight is 299 g/mol. The summed E-state index contributed by atoms with van der Waals surface area (Å²) in [5.41, 5.74) is 6.93. The molecular weight excluding hydrogens is 280 g/mol. The molecule has 0 atom stereocenters. The Kier molecular flexibility index (Phi) is 3.98. The third-order valence-electron chi connectivity index (χ3n) is 3.91. The van der Waals surface area contributed by atoms with Crippen molar-refractivity contribution >= 4 is 17.2 Å². The van der Waals surface area contributed by atoms with Gasteiger partial charge in [0.25, 0.3) is 0 Å². The number of pyridine rings is 1. The zero-order chi connectivity index (χ0) is 14.8. The molecule has 2 aromatic heterocycles. The van der Waals surface area contributed by atoms with Crippen molar-refractivity contribution in [2.45, 2.75) is 32.6 Å². The smallest absolute Gasteiger partial charge is 0.137 e. The van der Waals surface area contributed by atoms with Crippen molar-refractivity contribution in [3.8, 4) is 11.3 Å². The molecule has 0 unspecified atom stereocenters. The molecule has 2 heterocycles. The molecule has 2 nitrogen and oxygen atoms in total. The Morgan fingerprint density at radius 2 is 1.76 bits per heavy atom. The lowest BCUT2D eigenvalue weighted by atomic mass is 10.1. The van der Waals surface area contributed by atoms with Gasteiger partial charge >= 0.3 is 0 Å². The first kappa shape index (κ1) is 14.2. The molecular formula is C18H19ClN2. The molecule has 1 aromatic carbocycles. The first-order valence-corrected chi connectivity index (χ1v) is 7.95. The molecule has 0 aliphatic carbocycles. The maximum atomic E-state index is 5.92. The molecule has 0 saturated heterocycles. The molecule has 21 heavy (non-hydrogen) atoms. The lowest BCUT2D eigenvalue weighted by Gasteiger charge is -2.04. The molecule has 0 radical (unpaired) electrons. The van der Waals surface area contributed by atoms with Crippen LogP contribution < -0.4 is 0 Å². The van der Waals surface area contributed by atoms with Crippen LogP contribution in [0.5, 0.6) is 0 Å². The van der Waals surface area contributed by atoms with Gasteiger partial charge in [0, 0.05) is 17.6 Å². The van der Waals surface area contributed by atoms with Gasteiger partial charge in [0.1, 0.15) is 5.65 Å². The first-order chi connectivity index (χ1) is 10.3. The van der Waals surface area contributed by atoms with Gasteiger partial charge in [0.05, 0.1) is 11.4 Å². The Morgan fingerprint density at radius 3 is 2.38 bits per heavy atom. The second-order valence-corrected chi connectivity index (χ2v) is 5.48. The number of fused-ring (bicyclic) bond motifs is 1. The highest BCUT2D eigenvalue weighted by atomic mass is 35.5. The minimum absolute atomic E-state index is 0.519. The zero-order valence-corrected chi connectivity index (χ0v) is 13.2. The van der Waals surface area contributed by atoms with Crippen LogP contribution in [0.2, 0.25) is 0 Å². The predicted molar refractivity (Wildman–Crippen MR) is 88.9 cm³/mol. The van der Waals surface area contributed by atoms with Crippen molar-refractivity contribution in [1.82, 2.24) is 9.38 Å². The van der Waals surface area contributed by atoms with E-state index in [9.17, 15) is 0 Å². The summed E-state index contributed by atoms with van der Waals surface area (Å²) < 4.78 is 2.17. The highest BCUT2D eigenvalue weighted by Crippen LogP contribution is 2.26. The summed E-state index contributed by atoms with van der Waals surface area (Å²) in [5, 5.41) is 0. The van der Waals surface area contributed by atoms with Crippen LogP contribution in [-0.4, -0.2) is 9.38 Å². The number of aromatic nitrogens is 2. The summed E-state index contributed by atoms with van der Waals surface area (Å²) in [7, 11) is 0. The quantitative estimate of drug-likeness (QED) is 0.628. The highest BCUT2D eigenvalue weighted by molar-refractivity contribution is 6.17. The maximum Gasteiger partial charge on any atom is 0.137 e. The van der Waals surface area contributed by atoms with Gasteiger partial charge in [0.15, 0.2) is 0 Å². The zero-order valence-electron chi connectivity index (χ0n) is 12.4. The van der Waals surface area contributed by atoms with Crippen LogP contribution in [0.25, 0.3) is 16.9 Å². The molecule has 0 fully saturated rings. The molecule has 3 rings (SSSR count). The van der Waals surface area contributed by atoms with Gasteiger partial charge in [0.2, 0.25) is 0 Å². The normalized spacial score (nSPS) is 11.2. The third-order valence-corrected chi connectivity index (χ3v) is 4.22. The van der Waals surface area contributed by atoms with Crippen molar-refractivity contribution in [1.29, 1.82) is 0 Å². The van der Waals surface area contributed by atoms with Gasteiger partial charge in [-0.25, -0.2) is 4.98 Å². The summed E-state index contributed by atoms with van der Waals surface area (Å²) in [6.07, 6.45) is 4.08. The lowest BCUT2D eigenvalue weighted by molar-refractivity contribution is 0.994. The molecule has 108 valence electrons. The van der Waals surface area contributed by atoms with E-state index >= 15 is 0 Å². The molecule has 3 heteroatoms. The van der Waals surface area contributed by atoms with Crippen molar-refractivity contribution in [2.24, 2.45) is 0 Å². The fourth-order valence-electron chi connectivity index (χ4n) is 2.69. The SMILES string of the molecule is CCc1ccc(-c2nc3cc(CCl)ccn3c2CC)cc1. The van der Waals surface area contributed by atoms with E-state index in [0.29, 0.717) is 5.88 Å². The third kappa shape index (κ3) is 2.56. The molecule has 0 aliphatic rings. The number of benzene rings is 1. The summed E-state index contributed by atoms with van der Waals surface area (Å²) in [6.45, 7) is 4.34. The van der Waals surface area contributed by atoms with Gasteiger partial charge in [-0.05, 0) is 36.1 Å². The number of hydrogen-bond donors (Lipinski definition) is 0. The Bertz CT molecular complexity index is 757. The number of alkyl halides is 1. The summed E-state index contributed by atoms with van der Waals surface area (Å²) in [6, 6.07) is 12.8. The monoisotopic (exact) mass is 298 g/mol. The van der Waals surface area contributed by atoms with Gasteiger partial charge in [-0.1, -0.05) is 38.1 Å². The van der Waals surface area contributed by atoms with E-state index in [1.807, 2.05) is 0 Å². The number of halogens is 1. The van der Waals surface area contributed by atoms with Crippen LogP contribution in [0.1, 0.15) is 30.7 Å². The summed E-state index contributed by atoms with van der Waals surface area (Å²) in [5.74, 6) is 0.519. The molecule has 0 N–H and O–H groups in total. The van der Waals surface area contributed by atoms with Gasteiger partial charge < -0.3 is 4.40 Å². The van der Waals surface area contributed by atoms with Gasteiger partial charge in [-0.2, -0.15) is 0 Å². The second-order valence-electron chi connectivity index (χ2n) is 5.21. The molecule has 0 aliphatic heterocycles. The number of imidazole rings is 1. The van der Waals surface area contributed by atoms with Crippen LogP contribution >= 0.6 is 11.6 Å². The predicted octanol–water partition coefficient (Wildman–Crippen LogP) is 4.86. The van der Waals surface area contributed by atoms with Gasteiger partial charge in [-0.3, -0.25) is 0 Å². The van der Waals surface area contributed by atoms with Crippen LogP contribution in [0.3, 0.4) is 0 Å². The number of rotatable bonds is 4. The van der Waals surface area contributed by atoms with Crippen molar-refractivity contribution in [2.75, 3.05) is 0 Å². The van der Waals surface area contributed by atoms with E-state index in [0.717, 1.165) is 29.7 Å². The van der Waals surface area contributed by atoms with E-state index in [1.54, 1.807) is 0 Å². The molecule has 0 saturated carbocycles. The molecule has 0 bridgehead atoms. The minimum atomic E-state index is 0.519. The maximum absolute atomic E-state index is 5.92. The Labute approximate surface area is 130 Å². The largest absolute Gasteiger partial charge is 0.303 e. The Balaban J connectivity index is 2.16. The number of nitrogens with zero attached hydrogens (tertiary/aromatic N) is 2. The minimum Gasteiger partial charge on any atom is -0.303 e. The first-order valence-electron chi connectivity index (χ1n) is 7.42. The fourth-order valence-corrected chi connectivity index (χ4v) is 2.85. The second kappa shape index (κ2) is 5.90. The van der Waals surface area contributed by atoms with Crippen LogP contribution in [0.15, 0.2) is 42.6 Å². The van der Waals surface area contributed by atoms with Crippen molar-refractivity contribution in [3.63, 3.8) is 0 Å². The topological polar surface area (TPSA) is 17.3 Å². The fraction of sp³-hybridized carbons (Fsp3) is 0.278. The molecule has 0 spiro atoms. The molecule has 3 aromatic rings. The van der Waals surface area contributed by atoms with Crippen LogP contribution in [0, 0.1) is 0 Å². The Morgan fingerprint density at radius 1 is 1.00 bits per heavy atom. The van der Waals surface area contributed by atoms with Crippen molar-refractivity contribution in [3.05, 3.63) is 59.4 Å². The van der Waals surface area contributed by atoms with E-state index in [4.69, 9.17) is 16.6 Å². The van der Waals surface area contributed by atoms with E-state index in [2.05, 4.69) is 60.8 Å². The summed E-state index contributed by atoms with van der Waals surface area (Å²) in [4.78, 5) is 4.82. The van der Waals surface area contributed by atoms with E-state index in [1.165, 1.54) is 16.8 Å². The van der Waals surface area contributed by atoms with Crippen molar-refractivity contribution < 1.29 is 0 Å². The number of aryl methyl sites for hydroxylation is 2. The average Bonchev–Trinajstić information content (AvgIpc) is 2.92.